The molecule has 0 fully saturated rings. The predicted octanol–water partition coefficient (Wildman–Crippen LogP) is 3.45. The SMILES string of the molecule is Cc1cc(C(C)(C)CCN)sc1Br. The van der Waals surface area contributed by atoms with Gasteiger partial charge in [0.1, 0.15) is 0 Å². The standard InChI is InChI=1S/C10H16BrNS/c1-7-6-8(13-9(7)11)10(2,3)4-5-12/h6H,4-5,12H2,1-3H3. The maximum atomic E-state index is 5.59. The third-order valence-corrected chi connectivity index (χ3v) is 4.80. The van der Waals surface area contributed by atoms with Crippen LogP contribution in [-0.2, 0) is 5.41 Å². The summed E-state index contributed by atoms with van der Waals surface area (Å²) in [5.41, 5.74) is 7.13. The third kappa shape index (κ3) is 2.55. The van der Waals surface area contributed by atoms with E-state index in [0.29, 0.717) is 0 Å². The van der Waals surface area contributed by atoms with Crippen molar-refractivity contribution in [1.82, 2.24) is 0 Å². The lowest BCUT2D eigenvalue weighted by Crippen LogP contribution is -2.20. The maximum absolute atomic E-state index is 5.59. The summed E-state index contributed by atoms with van der Waals surface area (Å²) in [6.07, 6.45) is 1.04. The van der Waals surface area contributed by atoms with E-state index in [1.807, 2.05) is 11.3 Å². The van der Waals surface area contributed by atoms with Crippen LogP contribution in [0.3, 0.4) is 0 Å². The van der Waals surface area contributed by atoms with Crippen LogP contribution in [0.2, 0.25) is 0 Å². The molecule has 1 heterocycles. The van der Waals surface area contributed by atoms with Crippen LogP contribution in [0.25, 0.3) is 0 Å². The zero-order valence-corrected chi connectivity index (χ0v) is 10.8. The molecular formula is C10H16BrNS. The quantitative estimate of drug-likeness (QED) is 0.887. The van der Waals surface area contributed by atoms with Gasteiger partial charge in [0.15, 0.2) is 0 Å². The fraction of sp³-hybridized carbons (Fsp3) is 0.600. The van der Waals surface area contributed by atoms with E-state index in [2.05, 4.69) is 42.8 Å². The van der Waals surface area contributed by atoms with Gasteiger partial charge in [0.2, 0.25) is 0 Å². The highest BCUT2D eigenvalue weighted by Gasteiger charge is 2.22. The molecule has 1 rings (SSSR count). The Bertz CT molecular complexity index is 272. The van der Waals surface area contributed by atoms with E-state index in [4.69, 9.17) is 5.73 Å². The van der Waals surface area contributed by atoms with Gasteiger partial charge >= 0.3 is 0 Å². The van der Waals surface area contributed by atoms with Crippen molar-refractivity contribution in [1.29, 1.82) is 0 Å². The van der Waals surface area contributed by atoms with E-state index < -0.39 is 0 Å². The summed E-state index contributed by atoms with van der Waals surface area (Å²) in [5, 5.41) is 0. The zero-order chi connectivity index (χ0) is 10.1. The first-order chi connectivity index (χ1) is 5.97. The summed E-state index contributed by atoms with van der Waals surface area (Å²) in [7, 11) is 0. The molecular weight excluding hydrogens is 246 g/mol. The van der Waals surface area contributed by atoms with Crippen LogP contribution in [-0.4, -0.2) is 6.54 Å². The van der Waals surface area contributed by atoms with Gasteiger partial charge in [0.05, 0.1) is 3.79 Å². The number of aryl methyl sites for hydroxylation is 1. The first-order valence-corrected chi connectivity index (χ1v) is 6.05. The lowest BCUT2D eigenvalue weighted by Gasteiger charge is -2.21. The van der Waals surface area contributed by atoms with Crippen molar-refractivity contribution in [2.75, 3.05) is 6.54 Å². The van der Waals surface area contributed by atoms with E-state index in [9.17, 15) is 0 Å². The Morgan fingerprint density at radius 2 is 2.15 bits per heavy atom. The van der Waals surface area contributed by atoms with Crippen molar-refractivity contribution in [3.8, 4) is 0 Å². The second kappa shape index (κ2) is 4.11. The molecule has 0 aromatic carbocycles. The molecule has 2 N–H and O–H groups in total. The Balaban J connectivity index is 2.93. The summed E-state index contributed by atoms with van der Waals surface area (Å²) in [6, 6.07) is 2.25. The number of thiophene rings is 1. The second-order valence-electron chi connectivity index (χ2n) is 3.99. The molecule has 0 saturated heterocycles. The molecule has 0 amide bonds. The summed E-state index contributed by atoms with van der Waals surface area (Å²) in [5.74, 6) is 0. The number of rotatable bonds is 3. The lowest BCUT2D eigenvalue weighted by molar-refractivity contribution is 0.497. The smallest absolute Gasteiger partial charge is 0.0730 e. The molecule has 0 spiro atoms. The minimum absolute atomic E-state index is 0.218. The normalized spacial score (nSPS) is 12.1. The van der Waals surface area contributed by atoms with Gasteiger partial charge in [0, 0.05) is 10.3 Å². The Hall–Kier alpha value is 0.140. The van der Waals surface area contributed by atoms with Gasteiger partial charge in [-0.05, 0) is 47.4 Å². The highest BCUT2D eigenvalue weighted by atomic mass is 79.9. The summed E-state index contributed by atoms with van der Waals surface area (Å²) in [4.78, 5) is 1.42. The molecule has 13 heavy (non-hydrogen) atoms. The Labute approximate surface area is 92.5 Å². The molecule has 0 saturated carbocycles. The third-order valence-electron chi connectivity index (χ3n) is 2.29. The number of hydrogen-bond donors (Lipinski definition) is 1. The van der Waals surface area contributed by atoms with Crippen molar-refractivity contribution < 1.29 is 0 Å². The molecule has 0 unspecified atom stereocenters. The van der Waals surface area contributed by atoms with Crippen molar-refractivity contribution >= 4 is 27.3 Å². The molecule has 0 atom stereocenters. The highest BCUT2D eigenvalue weighted by molar-refractivity contribution is 9.11. The molecule has 0 radical (unpaired) electrons. The average Bonchev–Trinajstić information content (AvgIpc) is 2.33. The number of hydrogen-bond acceptors (Lipinski definition) is 2. The average molecular weight is 262 g/mol. The monoisotopic (exact) mass is 261 g/mol. The molecule has 1 nitrogen and oxygen atoms in total. The van der Waals surface area contributed by atoms with Crippen LogP contribution in [0.1, 0.15) is 30.7 Å². The van der Waals surface area contributed by atoms with Gasteiger partial charge in [-0.3, -0.25) is 0 Å². The van der Waals surface area contributed by atoms with Gasteiger partial charge in [-0.25, -0.2) is 0 Å². The first kappa shape index (κ1) is 11.2. The topological polar surface area (TPSA) is 26.0 Å². The maximum Gasteiger partial charge on any atom is 0.0730 e. The van der Waals surface area contributed by atoms with Crippen LogP contribution in [0.4, 0.5) is 0 Å². The van der Waals surface area contributed by atoms with E-state index in [0.717, 1.165) is 13.0 Å². The van der Waals surface area contributed by atoms with Gasteiger partial charge < -0.3 is 5.73 Å². The van der Waals surface area contributed by atoms with Gasteiger partial charge in [-0.1, -0.05) is 13.8 Å². The number of halogens is 1. The lowest BCUT2D eigenvalue weighted by atomic mass is 9.87. The van der Waals surface area contributed by atoms with Crippen LogP contribution in [0.15, 0.2) is 9.85 Å². The van der Waals surface area contributed by atoms with Crippen LogP contribution in [0, 0.1) is 6.92 Å². The minimum Gasteiger partial charge on any atom is -0.330 e. The first-order valence-electron chi connectivity index (χ1n) is 4.44. The Morgan fingerprint density at radius 3 is 2.54 bits per heavy atom. The van der Waals surface area contributed by atoms with Gasteiger partial charge in [0.25, 0.3) is 0 Å². The largest absolute Gasteiger partial charge is 0.330 e. The fourth-order valence-electron chi connectivity index (χ4n) is 1.28. The van der Waals surface area contributed by atoms with Gasteiger partial charge in [-0.15, -0.1) is 11.3 Å². The summed E-state index contributed by atoms with van der Waals surface area (Å²) >= 11 is 5.37. The van der Waals surface area contributed by atoms with Crippen molar-refractivity contribution in [3.63, 3.8) is 0 Å². The Kier molecular flexibility index (Phi) is 3.55. The second-order valence-corrected chi connectivity index (χ2v) is 6.36. The highest BCUT2D eigenvalue weighted by Crippen LogP contribution is 2.37. The molecule has 0 aliphatic rings. The van der Waals surface area contributed by atoms with Crippen molar-refractivity contribution in [3.05, 3.63) is 20.3 Å². The summed E-state index contributed by atoms with van der Waals surface area (Å²) in [6.45, 7) is 7.37. The molecule has 1 aromatic heterocycles. The van der Waals surface area contributed by atoms with E-state index in [1.54, 1.807) is 0 Å². The fourth-order valence-corrected chi connectivity index (χ4v) is 2.94. The van der Waals surface area contributed by atoms with Crippen molar-refractivity contribution in [2.24, 2.45) is 5.73 Å². The molecule has 3 heteroatoms. The van der Waals surface area contributed by atoms with E-state index >= 15 is 0 Å². The van der Waals surface area contributed by atoms with Crippen LogP contribution >= 0.6 is 27.3 Å². The predicted molar refractivity (Wildman–Crippen MR) is 63.5 cm³/mol. The minimum atomic E-state index is 0.218. The molecule has 1 aromatic rings. The Morgan fingerprint density at radius 1 is 1.54 bits per heavy atom. The summed E-state index contributed by atoms with van der Waals surface area (Å²) < 4.78 is 1.24. The zero-order valence-electron chi connectivity index (χ0n) is 8.36. The molecule has 0 bridgehead atoms. The van der Waals surface area contributed by atoms with Crippen molar-refractivity contribution in [2.45, 2.75) is 32.6 Å². The van der Waals surface area contributed by atoms with Crippen LogP contribution < -0.4 is 5.73 Å². The number of nitrogens with two attached hydrogens (primary N) is 1. The van der Waals surface area contributed by atoms with Crippen LogP contribution in [0.5, 0.6) is 0 Å². The van der Waals surface area contributed by atoms with Gasteiger partial charge in [-0.2, -0.15) is 0 Å². The molecule has 0 aliphatic carbocycles. The molecule has 74 valence electrons. The van der Waals surface area contributed by atoms with E-state index in [1.165, 1.54) is 14.2 Å². The van der Waals surface area contributed by atoms with E-state index in [-0.39, 0.29) is 5.41 Å². The molecule has 0 aliphatic heterocycles.